The van der Waals surface area contributed by atoms with Crippen LogP contribution in [0.1, 0.15) is 25.2 Å². The van der Waals surface area contributed by atoms with E-state index < -0.39 is 17.5 Å². The molecule has 1 saturated carbocycles. The van der Waals surface area contributed by atoms with Crippen molar-refractivity contribution in [3.8, 4) is 6.07 Å². The number of halogens is 1. The number of alkyl halides is 1. The van der Waals surface area contributed by atoms with E-state index >= 15 is 0 Å². The number of carbonyl (C=O) groups excluding carboxylic acids is 2. The summed E-state index contributed by atoms with van der Waals surface area (Å²) in [6.07, 6.45) is 1.39. The number of rotatable bonds is 8. The second-order valence-corrected chi connectivity index (χ2v) is 8.87. The van der Waals surface area contributed by atoms with E-state index in [4.69, 9.17) is 16.0 Å². The van der Waals surface area contributed by atoms with Crippen molar-refractivity contribution in [2.75, 3.05) is 44.0 Å². The van der Waals surface area contributed by atoms with Crippen LogP contribution in [0.15, 0.2) is 22.6 Å². The zero-order valence-electron chi connectivity index (χ0n) is 18.1. The molecule has 2 heterocycles. The molecule has 0 radical (unpaired) electrons. The summed E-state index contributed by atoms with van der Waals surface area (Å²) >= 11 is 5.66. The van der Waals surface area contributed by atoms with Gasteiger partial charge in [-0.25, -0.2) is 4.98 Å². The Kier molecular flexibility index (Phi) is 6.53. The minimum Gasteiger partial charge on any atom is -0.441 e. The Morgan fingerprint density at radius 3 is 2.72 bits per heavy atom. The average molecular weight is 459 g/mol. The molecule has 2 N–H and O–H groups in total. The summed E-state index contributed by atoms with van der Waals surface area (Å²) in [5.41, 5.74) is 1.58. The van der Waals surface area contributed by atoms with Crippen molar-refractivity contribution in [1.29, 1.82) is 5.26 Å². The summed E-state index contributed by atoms with van der Waals surface area (Å²) in [6.45, 7) is 3.89. The maximum Gasteiger partial charge on any atom is 0.244 e. The third kappa shape index (κ3) is 5.14. The van der Waals surface area contributed by atoms with E-state index in [1.165, 1.54) is 0 Å². The van der Waals surface area contributed by atoms with E-state index in [-0.39, 0.29) is 24.6 Å². The number of amides is 2. The third-order valence-corrected chi connectivity index (χ3v) is 6.15. The van der Waals surface area contributed by atoms with E-state index in [1.54, 1.807) is 0 Å². The predicted octanol–water partition coefficient (Wildman–Crippen LogP) is 1.41. The minimum absolute atomic E-state index is 0.0832. The number of nitriles is 1. The van der Waals surface area contributed by atoms with Crippen LogP contribution in [0.3, 0.4) is 0 Å². The number of piperazine rings is 1. The Labute approximate surface area is 191 Å². The van der Waals surface area contributed by atoms with Crippen LogP contribution in [-0.4, -0.2) is 72.4 Å². The Balaban J connectivity index is 1.50. The Hall–Kier alpha value is -2.83. The monoisotopic (exact) mass is 458 g/mol. The Morgan fingerprint density at radius 2 is 2.06 bits per heavy atom. The van der Waals surface area contributed by atoms with Gasteiger partial charge in [0.25, 0.3) is 0 Å². The molecule has 0 bridgehead atoms. The molecule has 9 nitrogen and oxygen atoms in total. The first kappa shape index (κ1) is 22.4. The molecule has 32 heavy (non-hydrogen) atoms. The number of aromatic nitrogens is 1. The molecule has 0 spiro atoms. The van der Waals surface area contributed by atoms with Crippen molar-refractivity contribution in [3.63, 3.8) is 0 Å². The summed E-state index contributed by atoms with van der Waals surface area (Å²) in [4.78, 5) is 34.0. The molecule has 2 aliphatic rings. The first-order valence-corrected chi connectivity index (χ1v) is 11.4. The van der Waals surface area contributed by atoms with Gasteiger partial charge in [0.1, 0.15) is 17.1 Å². The molecular weight excluding hydrogens is 432 g/mol. The SMILES string of the molecule is CN1CCN(c2ccc3nc(C[C@H](NC(=O)CCCl)C(=O)NC4(C#N)CC4)oc3c2)CC1. The van der Waals surface area contributed by atoms with Gasteiger partial charge < -0.3 is 24.9 Å². The van der Waals surface area contributed by atoms with Gasteiger partial charge in [0.05, 0.1) is 12.5 Å². The van der Waals surface area contributed by atoms with Crippen LogP contribution in [0.4, 0.5) is 5.69 Å². The molecule has 1 aliphatic carbocycles. The van der Waals surface area contributed by atoms with Gasteiger partial charge in [-0.05, 0) is 32.0 Å². The van der Waals surface area contributed by atoms with E-state index in [9.17, 15) is 14.9 Å². The van der Waals surface area contributed by atoms with Gasteiger partial charge in [0.2, 0.25) is 11.8 Å². The maximum absolute atomic E-state index is 12.8. The highest BCUT2D eigenvalue weighted by atomic mass is 35.5. The molecule has 1 atom stereocenters. The van der Waals surface area contributed by atoms with Crippen molar-refractivity contribution >= 4 is 40.2 Å². The number of hydrogen-bond acceptors (Lipinski definition) is 7. The molecule has 4 rings (SSSR count). The quantitative estimate of drug-likeness (QED) is 0.574. The number of nitrogens with zero attached hydrogens (tertiary/aromatic N) is 4. The first-order chi connectivity index (χ1) is 15.4. The molecule has 2 amide bonds. The molecule has 10 heteroatoms. The average Bonchev–Trinajstić information content (AvgIpc) is 3.43. The van der Waals surface area contributed by atoms with Crippen molar-refractivity contribution in [2.45, 2.75) is 37.3 Å². The lowest BCUT2D eigenvalue weighted by atomic mass is 10.1. The summed E-state index contributed by atoms with van der Waals surface area (Å²) in [5, 5.41) is 14.7. The standard InChI is InChI=1S/C22H27ClN6O3/c1-28-8-10-29(11-9-28)15-2-3-16-18(12-15)32-20(26-16)13-17(25-19(30)4-7-23)21(31)27-22(14-24)5-6-22/h2-3,12,17H,4-11,13H2,1H3,(H,25,30)(H,27,31)/t17-/m0/s1. The first-order valence-electron chi connectivity index (χ1n) is 10.8. The molecule has 1 saturated heterocycles. The minimum atomic E-state index is -0.901. The summed E-state index contributed by atoms with van der Waals surface area (Å²) in [5.74, 6) is -0.258. The van der Waals surface area contributed by atoms with Crippen LogP contribution in [0, 0.1) is 11.3 Å². The second kappa shape index (κ2) is 9.35. The van der Waals surface area contributed by atoms with Gasteiger partial charge in [-0.1, -0.05) is 0 Å². The second-order valence-electron chi connectivity index (χ2n) is 8.50. The topological polar surface area (TPSA) is 114 Å². The summed E-state index contributed by atoms with van der Waals surface area (Å²) < 4.78 is 5.94. The smallest absolute Gasteiger partial charge is 0.244 e. The number of nitrogens with one attached hydrogen (secondary N) is 2. The number of likely N-dealkylation sites (N-methyl/N-ethyl adjacent to an activating group) is 1. The molecule has 0 unspecified atom stereocenters. The Bertz CT molecular complexity index is 1040. The molecule has 2 aromatic rings. The lowest BCUT2D eigenvalue weighted by Gasteiger charge is -2.33. The van der Waals surface area contributed by atoms with E-state index in [0.29, 0.717) is 29.8 Å². The van der Waals surface area contributed by atoms with E-state index in [2.05, 4.69) is 38.5 Å². The highest BCUT2D eigenvalue weighted by molar-refractivity contribution is 6.19. The van der Waals surface area contributed by atoms with Gasteiger partial charge in [0, 0.05) is 50.2 Å². The molecule has 1 aliphatic heterocycles. The van der Waals surface area contributed by atoms with Crippen molar-refractivity contribution < 1.29 is 14.0 Å². The largest absolute Gasteiger partial charge is 0.441 e. The molecule has 2 fully saturated rings. The lowest BCUT2D eigenvalue weighted by molar-refractivity contribution is -0.129. The number of hydrogen-bond donors (Lipinski definition) is 2. The lowest BCUT2D eigenvalue weighted by Crippen LogP contribution is -2.51. The molecular formula is C22H27ClN6O3. The van der Waals surface area contributed by atoms with E-state index in [1.807, 2.05) is 18.2 Å². The van der Waals surface area contributed by atoms with Crippen molar-refractivity contribution in [2.24, 2.45) is 0 Å². The van der Waals surface area contributed by atoms with Gasteiger partial charge in [0.15, 0.2) is 11.5 Å². The van der Waals surface area contributed by atoms with Crippen LogP contribution in [0.5, 0.6) is 0 Å². The zero-order valence-corrected chi connectivity index (χ0v) is 18.8. The van der Waals surface area contributed by atoms with Crippen LogP contribution in [-0.2, 0) is 16.0 Å². The highest BCUT2D eigenvalue weighted by Crippen LogP contribution is 2.34. The zero-order chi connectivity index (χ0) is 22.7. The fourth-order valence-electron chi connectivity index (χ4n) is 3.76. The number of anilines is 1. The number of fused-ring (bicyclic) bond motifs is 1. The molecule has 170 valence electrons. The number of oxazole rings is 1. The normalized spacial score (nSPS) is 18.7. The molecule has 1 aromatic heterocycles. The van der Waals surface area contributed by atoms with Crippen molar-refractivity contribution in [1.82, 2.24) is 20.5 Å². The fourth-order valence-corrected chi connectivity index (χ4v) is 3.93. The molecule has 1 aromatic carbocycles. The number of benzene rings is 1. The van der Waals surface area contributed by atoms with Gasteiger partial charge in [-0.2, -0.15) is 5.26 Å². The predicted molar refractivity (Wildman–Crippen MR) is 120 cm³/mol. The van der Waals surface area contributed by atoms with Gasteiger partial charge in [-0.15, -0.1) is 11.6 Å². The number of carbonyl (C=O) groups is 2. The third-order valence-electron chi connectivity index (χ3n) is 5.96. The summed E-state index contributed by atoms with van der Waals surface area (Å²) in [6, 6.07) is 7.13. The van der Waals surface area contributed by atoms with Crippen LogP contribution in [0.25, 0.3) is 11.1 Å². The van der Waals surface area contributed by atoms with Gasteiger partial charge in [-0.3, -0.25) is 9.59 Å². The highest BCUT2D eigenvalue weighted by Gasteiger charge is 2.45. The summed E-state index contributed by atoms with van der Waals surface area (Å²) in [7, 11) is 2.11. The van der Waals surface area contributed by atoms with Crippen LogP contribution < -0.4 is 15.5 Å². The fraction of sp³-hybridized carbons (Fsp3) is 0.545. The van der Waals surface area contributed by atoms with Crippen LogP contribution in [0.2, 0.25) is 0 Å². The van der Waals surface area contributed by atoms with Gasteiger partial charge >= 0.3 is 0 Å². The van der Waals surface area contributed by atoms with E-state index in [0.717, 1.165) is 31.9 Å². The van der Waals surface area contributed by atoms with Crippen molar-refractivity contribution in [3.05, 3.63) is 24.1 Å². The Morgan fingerprint density at radius 1 is 1.31 bits per heavy atom. The maximum atomic E-state index is 12.8. The van der Waals surface area contributed by atoms with Crippen LogP contribution >= 0.6 is 11.6 Å².